The van der Waals surface area contributed by atoms with E-state index in [1.807, 2.05) is 43.3 Å². The highest BCUT2D eigenvalue weighted by Gasteiger charge is 2.25. The number of carboxylic acids is 1. The van der Waals surface area contributed by atoms with Crippen molar-refractivity contribution in [3.8, 4) is 16.9 Å². The largest absolute Gasteiger partial charge is 0.493 e. The fourth-order valence-corrected chi connectivity index (χ4v) is 3.17. The van der Waals surface area contributed by atoms with Gasteiger partial charge in [-0.3, -0.25) is 4.79 Å². The third kappa shape index (κ3) is 3.77. The molecule has 0 spiro atoms. The van der Waals surface area contributed by atoms with Crippen molar-refractivity contribution in [3.63, 3.8) is 0 Å². The summed E-state index contributed by atoms with van der Waals surface area (Å²) in [6, 6.07) is 15.3. The zero-order valence-corrected chi connectivity index (χ0v) is 14.6. The molecule has 0 bridgehead atoms. The van der Waals surface area contributed by atoms with Gasteiger partial charge in [-0.2, -0.15) is 0 Å². The Bertz CT molecular complexity index is 856. The number of nitrogens with one attached hydrogen (secondary N) is 1. The number of ether oxygens (including phenoxy) is 1. The number of carboxylic acid groups (broad SMARTS) is 1. The van der Waals surface area contributed by atoms with Crippen LogP contribution < -0.4 is 10.1 Å². The van der Waals surface area contributed by atoms with Crippen molar-refractivity contribution in [2.24, 2.45) is 0 Å². The first-order valence-electron chi connectivity index (χ1n) is 8.69. The van der Waals surface area contributed by atoms with Crippen molar-refractivity contribution in [3.05, 3.63) is 59.7 Å². The van der Waals surface area contributed by atoms with Crippen molar-refractivity contribution >= 4 is 17.6 Å². The first-order valence-corrected chi connectivity index (χ1v) is 8.69. The first-order chi connectivity index (χ1) is 12.6. The molecule has 3 rings (SSSR count). The lowest BCUT2D eigenvalue weighted by Crippen LogP contribution is -2.16. The molecule has 0 saturated heterocycles. The normalized spacial score (nSPS) is 13.6. The summed E-state index contributed by atoms with van der Waals surface area (Å²) in [6.07, 6.45) is 1.63. The van der Waals surface area contributed by atoms with E-state index in [9.17, 15) is 14.7 Å². The van der Waals surface area contributed by atoms with Gasteiger partial charge in [-0.15, -0.1) is 0 Å². The molecule has 1 aliphatic carbocycles. The predicted octanol–water partition coefficient (Wildman–Crippen LogP) is 4.26. The molecule has 0 heterocycles. The highest BCUT2D eigenvalue weighted by atomic mass is 16.5. The van der Waals surface area contributed by atoms with E-state index >= 15 is 0 Å². The van der Waals surface area contributed by atoms with E-state index in [1.54, 1.807) is 12.1 Å². The molecular formula is C21H21NO4. The standard InChI is InChI=1S/C21H21NO4/c1-2-26-19-13-15(11-12-16(19)14-7-4-3-5-8-14)22-20(23)17-9-6-10-18(17)21(24)25/h3-5,7-8,11-13H,2,6,9-10H2,1H3,(H,22,23)(H,24,25). The molecule has 1 amide bonds. The summed E-state index contributed by atoms with van der Waals surface area (Å²) in [6.45, 7) is 2.41. The lowest BCUT2D eigenvalue weighted by Gasteiger charge is -2.14. The summed E-state index contributed by atoms with van der Waals surface area (Å²) in [5, 5.41) is 12.0. The Hall–Kier alpha value is -3.08. The van der Waals surface area contributed by atoms with E-state index in [4.69, 9.17) is 4.74 Å². The van der Waals surface area contributed by atoms with Crippen LogP contribution in [-0.4, -0.2) is 23.6 Å². The highest BCUT2D eigenvalue weighted by Crippen LogP contribution is 2.33. The molecule has 0 aliphatic heterocycles. The Labute approximate surface area is 152 Å². The second-order valence-electron chi connectivity index (χ2n) is 6.08. The van der Waals surface area contributed by atoms with Gasteiger partial charge in [0, 0.05) is 28.5 Å². The molecule has 0 unspecified atom stereocenters. The minimum atomic E-state index is -1.01. The van der Waals surface area contributed by atoms with Gasteiger partial charge in [-0.1, -0.05) is 30.3 Å². The predicted molar refractivity (Wildman–Crippen MR) is 100 cm³/mol. The molecule has 5 nitrogen and oxygen atoms in total. The molecule has 5 heteroatoms. The van der Waals surface area contributed by atoms with Crippen LogP contribution in [0.4, 0.5) is 5.69 Å². The van der Waals surface area contributed by atoms with Crippen molar-refractivity contribution in [1.29, 1.82) is 0 Å². The van der Waals surface area contributed by atoms with Crippen molar-refractivity contribution in [2.45, 2.75) is 26.2 Å². The summed E-state index contributed by atoms with van der Waals surface area (Å²) in [7, 11) is 0. The second kappa shape index (κ2) is 7.87. The number of aliphatic carboxylic acids is 1. The van der Waals surface area contributed by atoms with Crippen LogP contribution in [0.25, 0.3) is 11.1 Å². The summed E-state index contributed by atoms with van der Waals surface area (Å²) in [5.74, 6) is -0.688. The SMILES string of the molecule is CCOc1cc(NC(=O)C2=C(C(=O)O)CCC2)ccc1-c1ccccc1. The van der Waals surface area contributed by atoms with Crippen LogP contribution in [0.2, 0.25) is 0 Å². The zero-order valence-electron chi connectivity index (χ0n) is 14.6. The molecule has 134 valence electrons. The molecular weight excluding hydrogens is 330 g/mol. The van der Waals surface area contributed by atoms with Gasteiger partial charge in [-0.25, -0.2) is 4.79 Å². The van der Waals surface area contributed by atoms with E-state index in [0.717, 1.165) is 11.1 Å². The summed E-state index contributed by atoms with van der Waals surface area (Å²) < 4.78 is 5.74. The van der Waals surface area contributed by atoms with Gasteiger partial charge < -0.3 is 15.2 Å². The number of carbonyl (C=O) groups excluding carboxylic acids is 1. The molecule has 0 radical (unpaired) electrons. The number of anilines is 1. The quantitative estimate of drug-likeness (QED) is 0.815. The minimum absolute atomic E-state index is 0.216. The fourth-order valence-electron chi connectivity index (χ4n) is 3.17. The van der Waals surface area contributed by atoms with Gasteiger partial charge in [-0.05, 0) is 43.9 Å². The average Bonchev–Trinajstić information content (AvgIpc) is 3.13. The number of rotatable bonds is 6. The van der Waals surface area contributed by atoms with Crippen molar-refractivity contribution < 1.29 is 19.4 Å². The number of benzene rings is 2. The molecule has 2 N–H and O–H groups in total. The van der Waals surface area contributed by atoms with Gasteiger partial charge in [0.15, 0.2) is 0 Å². The van der Waals surface area contributed by atoms with E-state index in [2.05, 4.69) is 5.32 Å². The van der Waals surface area contributed by atoms with Crippen molar-refractivity contribution in [2.75, 3.05) is 11.9 Å². The lowest BCUT2D eigenvalue weighted by molar-refractivity contribution is -0.133. The Morgan fingerprint density at radius 1 is 1.08 bits per heavy atom. The van der Waals surface area contributed by atoms with Gasteiger partial charge in [0.25, 0.3) is 5.91 Å². The van der Waals surface area contributed by atoms with Crippen LogP contribution in [0, 0.1) is 0 Å². The zero-order chi connectivity index (χ0) is 18.5. The molecule has 0 aromatic heterocycles. The molecule has 26 heavy (non-hydrogen) atoms. The third-order valence-corrected chi connectivity index (χ3v) is 4.37. The maximum atomic E-state index is 12.5. The van der Waals surface area contributed by atoms with Crippen LogP contribution in [0.15, 0.2) is 59.7 Å². The number of amides is 1. The van der Waals surface area contributed by atoms with Gasteiger partial charge in [0.05, 0.1) is 6.61 Å². The number of hydrogen-bond acceptors (Lipinski definition) is 3. The topological polar surface area (TPSA) is 75.6 Å². The van der Waals surface area contributed by atoms with Crippen LogP contribution >= 0.6 is 0 Å². The Morgan fingerprint density at radius 2 is 1.81 bits per heavy atom. The molecule has 0 saturated carbocycles. The summed E-state index contributed by atoms with van der Waals surface area (Å²) in [5.41, 5.74) is 3.13. The monoisotopic (exact) mass is 351 g/mol. The summed E-state index contributed by atoms with van der Waals surface area (Å²) >= 11 is 0. The molecule has 0 atom stereocenters. The highest BCUT2D eigenvalue weighted by molar-refractivity contribution is 6.09. The van der Waals surface area contributed by atoms with E-state index in [1.165, 1.54) is 0 Å². The maximum Gasteiger partial charge on any atom is 0.332 e. The van der Waals surface area contributed by atoms with Crippen LogP contribution in [-0.2, 0) is 9.59 Å². The Balaban J connectivity index is 1.87. The third-order valence-electron chi connectivity index (χ3n) is 4.37. The summed E-state index contributed by atoms with van der Waals surface area (Å²) in [4.78, 5) is 23.7. The van der Waals surface area contributed by atoms with Gasteiger partial charge in [0.2, 0.25) is 0 Å². The Morgan fingerprint density at radius 3 is 2.50 bits per heavy atom. The maximum absolute atomic E-state index is 12.5. The van der Waals surface area contributed by atoms with Crippen LogP contribution in [0.3, 0.4) is 0 Å². The van der Waals surface area contributed by atoms with E-state index < -0.39 is 5.97 Å². The lowest BCUT2D eigenvalue weighted by atomic mass is 10.0. The second-order valence-corrected chi connectivity index (χ2v) is 6.08. The Kier molecular flexibility index (Phi) is 5.37. The average molecular weight is 351 g/mol. The van der Waals surface area contributed by atoms with Crippen molar-refractivity contribution in [1.82, 2.24) is 0 Å². The van der Waals surface area contributed by atoms with Crippen LogP contribution in [0.1, 0.15) is 26.2 Å². The fraction of sp³-hybridized carbons (Fsp3) is 0.238. The van der Waals surface area contributed by atoms with Crippen LogP contribution in [0.5, 0.6) is 5.75 Å². The van der Waals surface area contributed by atoms with Gasteiger partial charge in [0.1, 0.15) is 5.75 Å². The minimum Gasteiger partial charge on any atom is -0.493 e. The molecule has 2 aromatic carbocycles. The van der Waals surface area contributed by atoms with E-state index in [-0.39, 0.29) is 11.5 Å². The smallest absolute Gasteiger partial charge is 0.332 e. The molecule has 2 aromatic rings. The first kappa shape index (κ1) is 17.7. The molecule has 0 fully saturated rings. The van der Waals surface area contributed by atoms with E-state index in [0.29, 0.717) is 42.9 Å². The number of carbonyl (C=O) groups is 2. The number of hydrogen-bond donors (Lipinski definition) is 2. The van der Waals surface area contributed by atoms with Gasteiger partial charge >= 0.3 is 5.97 Å². The molecule has 1 aliphatic rings.